The van der Waals surface area contributed by atoms with Gasteiger partial charge in [0.15, 0.2) is 0 Å². The van der Waals surface area contributed by atoms with E-state index in [1.165, 1.54) is 38.5 Å². The summed E-state index contributed by atoms with van der Waals surface area (Å²) in [5.41, 5.74) is 0. The SMILES string of the molecule is CCC(C)C(C)CCCCCC(C)C. The summed E-state index contributed by atoms with van der Waals surface area (Å²) in [6.45, 7) is 11.7. The lowest BCUT2D eigenvalue weighted by Gasteiger charge is -2.17. The Morgan fingerprint density at radius 1 is 0.714 bits per heavy atom. The molecule has 2 unspecified atom stereocenters. The van der Waals surface area contributed by atoms with Gasteiger partial charge in [-0.2, -0.15) is 0 Å². The van der Waals surface area contributed by atoms with Crippen LogP contribution >= 0.6 is 0 Å². The largest absolute Gasteiger partial charge is 0.0651 e. The fourth-order valence-electron chi connectivity index (χ4n) is 1.88. The molecule has 0 bridgehead atoms. The van der Waals surface area contributed by atoms with Gasteiger partial charge >= 0.3 is 0 Å². The van der Waals surface area contributed by atoms with Crippen molar-refractivity contribution in [1.29, 1.82) is 0 Å². The quantitative estimate of drug-likeness (QED) is 0.466. The summed E-state index contributed by atoms with van der Waals surface area (Å²) in [4.78, 5) is 0. The molecule has 0 saturated carbocycles. The van der Waals surface area contributed by atoms with E-state index in [2.05, 4.69) is 34.6 Å². The van der Waals surface area contributed by atoms with Crippen molar-refractivity contribution in [3.05, 3.63) is 0 Å². The van der Waals surface area contributed by atoms with Crippen LogP contribution < -0.4 is 0 Å². The molecule has 0 nitrogen and oxygen atoms in total. The van der Waals surface area contributed by atoms with Crippen molar-refractivity contribution < 1.29 is 0 Å². The molecule has 86 valence electrons. The van der Waals surface area contributed by atoms with Crippen LogP contribution in [0.2, 0.25) is 0 Å². The molecule has 0 fully saturated rings. The average Bonchev–Trinajstić information content (AvgIpc) is 2.15. The molecule has 0 heterocycles. The Hall–Kier alpha value is 0. The molecule has 0 saturated heterocycles. The summed E-state index contributed by atoms with van der Waals surface area (Å²) in [6, 6.07) is 0. The zero-order valence-electron chi connectivity index (χ0n) is 11.0. The fraction of sp³-hybridized carbons (Fsp3) is 1.00. The third-order valence-corrected chi connectivity index (χ3v) is 3.56. The highest BCUT2D eigenvalue weighted by atomic mass is 14.1. The first kappa shape index (κ1) is 14.0. The summed E-state index contributed by atoms with van der Waals surface area (Å²) in [5, 5.41) is 0. The fourth-order valence-corrected chi connectivity index (χ4v) is 1.88. The average molecular weight is 198 g/mol. The lowest BCUT2D eigenvalue weighted by Crippen LogP contribution is -2.06. The molecule has 0 aliphatic heterocycles. The predicted octanol–water partition coefficient (Wildman–Crippen LogP) is 5.28. The van der Waals surface area contributed by atoms with Gasteiger partial charge < -0.3 is 0 Å². The second-order valence-electron chi connectivity index (χ2n) is 5.39. The molecule has 0 rings (SSSR count). The Morgan fingerprint density at radius 2 is 1.29 bits per heavy atom. The van der Waals surface area contributed by atoms with Crippen LogP contribution in [0.25, 0.3) is 0 Å². The van der Waals surface area contributed by atoms with Gasteiger partial charge in [-0.25, -0.2) is 0 Å². The predicted molar refractivity (Wildman–Crippen MR) is 66.5 cm³/mol. The summed E-state index contributed by atoms with van der Waals surface area (Å²) in [5.74, 6) is 2.74. The topological polar surface area (TPSA) is 0 Å². The standard InChI is InChI=1S/C14H30/c1-6-13(4)14(5)11-9-7-8-10-12(2)3/h12-14H,6-11H2,1-5H3. The molecule has 0 heteroatoms. The van der Waals surface area contributed by atoms with Crippen LogP contribution in [0.15, 0.2) is 0 Å². The number of hydrogen-bond acceptors (Lipinski definition) is 0. The highest BCUT2D eigenvalue weighted by molar-refractivity contribution is 4.60. The van der Waals surface area contributed by atoms with E-state index in [4.69, 9.17) is 0 Å². The van der Waals surface area contributed by atoms with Crippen LogP contribution in [0.5, 0.6) is 0 Å². The molecule has 0 aromatic rings. The van der Waals surface area contributed by atoms with Crippen LogP contribution in [0.3, 0.4) is 0 Å². The van der Waals surface area contributed by atoms with Gasteiger partial charge in [-0.15, -0.1) is 0 Å². The summed E-state index contributed by atoms with van der Waals surface area (Å²) in [6.07, 6.45) is 8.51. The van der Waals surface area contributed by atoms with Crippen molar-refractivity contribution in [2.24, 2.45) is 17.8 Å². The van der Waals surface area contributed by atoms with Crippen LogP contribution in [0.4, 0.5) is 0 Å². The second-order valence-corrected chi connectivity index (χ2v) is 5.39. The Labute approximate surface area is 91.5 Å². The third kappa shape index (κ3) is 7.41. The Morgan fingerprint density at radius 3 is 1.79 bits per heavy atom. The third-order valence-electron chi connectivity index (χ3n) is 3.56. The van der Waals surface area contributed by atoms with Gasteiger partial charge in [0.05, 0.1) is 0 Å². The molecule has 0 aliphatic carbocycles. The molecule has 0 aromatic carbocycles. The second kappa shape index (κ2) is 8.32. The Balaban J connectivity index is 3.27. The normalized spacial score (nSPS) is 15.9. The van der Waals surface area contributed by atoms with Crippen LogP contribution in [-0.4, -0.2) is 0 Å². The zero-order valence-corrected chi connectivity index (χ0v) is 11.0. The maximum absolute atomic E-state index is 2.41. The molecule has 0 amide bonds. The Bertz CT molecular complexity index is 115. The first-order valence-electron chi connectivity index (χ1n) is 6.57. The minimum Gasteiger partial charge on any atom is -0.0651 e. The first-order chi connectivity index (χ1) is 6.57. The van der Waals surface area contributed by atoms with E-state index < -0.39 is 0 Å². The highest BCUT2D eigenvalue weighted by Gasteiger charge is 2.09. The van der Waals surface area contributed by atoms with Crippen molar-refractivity contribution in [2.75, 3.05) is 0 Å². The van der Waals surface area contributed by atoms with Gasteiger partial charge in [0.2, 0.25) is 0 Å². The molecular weight excluding hydrogens is 168 g/mol. The lowest BCUT2D eigenvalue weighted by atomic mass is 9.89. The number of unbranched alkanes of at least 4 members (excludes halogenated alkanes) is 2. The van der Waals surface area contributed by atoms with Gasteiger partial charge in [-0.1, -0.05) is 73.1 Å². The van der Waals surface area contributed by atoms with Crippen LogP contribution in [0.1, 0.15) is 73.1 Å². The molecule has 2 atom stereocenters. The van der Waals surface area contributed by atoms with E-state index in [0.29, 0.717) is 0 Å². The van der Waals surface area contributed by atoms with Crippen molar-refractivity contribution in [2.45, 2.75) is 73.1 Å². The van der Waals surface area contributed by atoms with E-state index in [1.807, 2.05) is 0 Å². The molecule has 0 N–H and O–H groups in total. The molecule has 0 spiro atoms. The van der Waals surface area contributed by atoms with Gasteiger partial charge in [0, 0.05) is 0 Å². The summed E-state index contributed by atoms with van der Waals surface area (Å²) < 4.78 is 0. The minimum absolute atomic E-state index is 0.891. The number of hydrogen-bond donors (Lipinski definition) is 0. The smallest absolute Gasteiger partial charge is 0.0417 e. The summed E-state index contributed by atoms with van der Waals surface area (Å²) >= 11 is 0. The van der Waals surface area contributed by atoms with Crippen molar-refractivity contribution in [1.82, 2.24) is 0 Å². The maximum Gasteiger partial charge on any atom is -0.0417 e. The zero-order chi connectivity index (χ0) is 11.0. The number of rotatable bonds is 8. The maximum atomic E-state index is 2.41. The monoisotopic (exact) mass is 198 g/mol. The van der Waals surface area contributed by atoms with Gasteiger partial charge in [0.25, 0.3) is 0 Å². The molecular formula is C14H30. The summed E-state index contributed by atoms with van der Waals surface area (Å²) in [7, 11) is 0. The van der Waals surface area contributed by atoms with E-state index in [0.717, 1.165) is 17.8 Å². The van der Waals surface area contributed by atoms with E-state index in [-0.39, 0.29) is 0 Å². The lowest BCUT2D eigenvalue weighted by molar-refractivity contribution is 0.340. The van der Waals surface area contributed by atoms with Crippen molar-refractivity contribution in [3.63, 3.8) is 0 Å². The van der Waals surface area contributed by atoms with Crippen molar-refractivity contribution >= 4 is 0 Å². The van der Waals surface area contributed by atoms with Crippen LogP contribution in [0, 0.1) is 17.8 Å². The Kier molecular flexibility index (Phi) is 8.32. The molecule has 0 aliphatic rings. The molecule has 14 heavy (non-hydrogen) atoms. The first-order valence-corrected chi connectivity index (χ1v) is 6.57. The van der Waals surface area contributed by atoms with Gasteiger partial charge in [0.1, 0.15) is 0 Å². The minimum atomic E-state index is 0.891. The van der Waals surface area contributed by atoms with Gasteiger partial charge in [-0.3, -0.25) is 0 Å². The van der Waals surface area contributed by atoms with Crippen LogP contribution in [-0.2, 0) is 0 Å². The van der Waals surface area contributed by atoms with E-state index >= 15 is 0 Å². The molecule has 0 aromatic heterocycles. The van der Waals surface area contributed by atoms with Gasteiger partial charge in [-0.05, 0) is 17.8 Å². The van der Waals surface area contributed by atoms with Crippen molar-refractivity contribution in [3.8, 4) is 0 Å². The molecule has 0 radical (unpaired) electrons. The van der Waals surface area contributed by atoms with E-state index in [9.17, 15) is 0 Å². The highest BCUT2D eigenvalue weighted by Crippen LogP contribution is 2.21. The van der Waals surface area contributed by atoms with E-state index in [1.54, 1.807) is 0 Å².